The van der Waals surface area contributed by atoms with Crippen molar-refractivity contribution in [2.75, 3.05) is 11.4 Å². The highest BCUT2D eigenvalue weighted by molar-refractivity contribution is 5.95. The highest BCUT2D eigenvalue weighted by atomic mass is 16.6. The molecule has 7 heteroatoms. The topological polar surface area (TPSA) is 85.5 Å². The van der Waals surface area contributed by atoms with Gasteiger partial charge < -0.3 is 14.2 Å². The summed E-state index contributed by atoms with van der Waals surface area (Å²) in [6.45, 7) is 4.12. The third kappa shape index (κ3) is 4.12. The molecule has 130 valence electrons. The van der Waals surface area contributed by atoms with Crippen LogP contribution in [0.4, 0.5) is 5.69 Å². The zero-order valence-electron chi connectivity index (χ0n) is 14.1. The van der Waals surface area contributed by atoms with Gasteiger partial charge in [-0.3, -0.25) is 4.79 Å². The first-order chi connectivity index (χ1) is 12.0. The van der Waals surface area contributed by atoms with E-state index < -0.39 is 12.1 Å². The van der Waals surface area contributed by atoms with E-state index in [9.17, 15) is 9.59 Å². The maximum Gasteiger partial charge on any atom is 0.331 e. The molecule has 1 aliphatic rings. The van der Waals surface area contributed by atoms with Gasteiger partial charge in [-0.2, -0.15) is 4.98 Å². The van der Waals surface area contributed by atoms with E-state index in [0.717, 1.165) is 24.2 Å². The molecule has 25 heavy (non-hydrogen) atoms. The zero-order valence-corrected chi connectivity index (χ0v) is 14.1. The summed E-state index contributed by atoms with van der Waals surface area (Å²) >= 11 is 0. The fourth-order valence-electron chi connectivity index (χ4n) is 2.59. The largest absolute Gasteiger partial charge is 0.449 e. The van der Waals surface area contributed by atoms with Crippen LogP contribution in [0.25, 0.3) is 6.08 Å². The predicted octanol–water partition coefficient (Wildman–Crippen LogP) is 2.82. The van der Waals surface area contributed by atoms with Crippen molar-refractivity contribution < 1.29 is 18.8 Å². The van der Waals surface area contributed by atoms with Gasteiger partial charge in [-0.25, -0.2) is 4.79 Å². The number of carbonyl (C=O) groups excluding carboxylic acids is 2. The van der Waals surface area contributed by atoms with E-state index in [0.29, 0.717) is 12.2 Å². The number of rotatable bonds is 5. The molecular weight excluding hydrogens is 322 g/mol. The lowest BCUT2D eigenvalue weighted by molar-refractivity contribution is -0.143. The molecule has 1 saturated heterocycles. The summed E-state index contributed by atoms with van der Waals surface area (Å²) in [5, 5.41) is 3.66. The number of carbonyl (C=O) groups is 2. The van der Waals surface area contributed by atoms with Crippen LogP contribution in [-0.4, -0.2) is 28.6 Å². The van der Waals surface area contributed by atoms with Gasteiger partial charge in [-0.05, 0) is 44.0 Å². The number of aryl methyl sites for hydroxylation is 1. The Morgan fingerprint density at radius 1 is 1.36 bits per heavy atom. The molecule has 2 aromatic rings. The van der Waals surface area contributed by atoms with Crippen molar-refractivity contribution in [3.63, 3.8) is 0 Å². The van der Waals surface area contributed by atoms with Crippen molar-refractivity contribution in [2.24, 2.45) is 0 Å². The Balaban J connectivity index is 1.57. The quantitative estimate of drug-likeness (QED) is 0.614. The van der Waals surface area contributed by atoms with E-state index in [-0.39, 0.29) is 11.8 Å². The molecule has 1 atom stereocenters. The number of ether oxygens (including phenoxy) is 1. The van der Waals surface area contributed by atoms with Crippen LogP contribution in [-0.2, 0) is 14.3 Å². The Bertz CT molecular complexity index is 795. The molecule has 1 unspecified atom stereocenters. The molecule has 1 aliphatic heterocycles. The Hall–Kier alpha value is -2.96. The molecule has 0 spiro atoms. The summed E-state index contributed by atoms with van der Waals surface area (Å²) in [6.07, 6.45) is 3.89. The number of hydrogen-bond donors (Lipinski definition) is 0. The van der Waals surface area contributed by atoms with Crippen LogP contribution in [0.3, 0.4) is 0 Å². The Kier molecular flexibility index (Phi) is 4.92. The lowest BCUT2D eigenvalue weighted by atomic mass is 10.2. The minimum Gasteiger partial charge on any atom is -0.449 e. The van der Waals surface area contributed by atoms with Crippen LogP contribution >= 0.6 is 0 Å². The molecule has 0 bridgehead atoms. The first-order valence-electron chi connectivity index (χ1n) is 8.12. The molecule has 0 aliphatic carbocycles. The highest BCUT2D eigenvalue weighted by Crippen LogP contribution is 2.22. The smallest absolute Gasteiger partial charge is 0.331 e. The monoisotopic (exact) mass is 341 g/mol. The molecule has 2 heterocycles. The molecule has 1 fully saturated rings. The van der Waals surface area contributed by atoms with Crippen LogP contribution < -0.4 is 4.90 Å². The van der Waals surface area contributed by atoms with Gasteiger partial charge >= 0.3 is 5.97 Å². The summed E-state index contributed by atoms with van der Waals surface area (Å²) < 4.78 is 10.2. The third-order valence-corrected chi connectivity index (χ3v) is 3.87. The zero-order chi connectivity index (χ0) is 17.8. The maximum absolute atomic E-state index is 11.9. The predicted molar refractivity (Wildman–Crippen MR) is 90.6 cm³/mol. The van der Waals surface area contributed by atoms with Crippen LogP contribution in [0.1, 0.15) is 43.1 Å². The fourth-order valence-corrected chi connectivity index (χ4v) is 2.59. The van der Waals surface area contributed by atoms with Gasteiger partial charge in [-0.1, -0.05) is 17.3 Å². The van der Waals surface area contributed by atoms with E-state index in [2.05, 4.69) is 10.1 Å². The van der Waals surface area contributed by atoms with Crippen molar-refractivity contribution in [1.29, 1.82) is 0 Å². The molecular formula is C18H19N3O4. The number of esters is 1. The van der Waals surface area contributed by atoms with Crippen molar-refractivity contribution in [3.05, 3.63) is 47.6 Å². The summed E-state index contributed by atoms with van der Waals surface area (Å²) in [6, 6.07) is 7.46. The molecule has 1 aromatic carbocycles. The standard InChI is InChI=1S/C18H19N3O4/c1-12(18-19-13(2)20-25-18)24-17(23)10-7-14-5-8-15(9-6-14)21-11-3-4-16(21)22/h5-10,12H,3-4,11H2,1-2H3. The van der Waals surface area contributed by atoms with Crippen molar-refractivity contribution >= 4 is 23.6 Å². The Morgan fingerprint density at radius 3 is 2.72 bits per heavy atom. The highest BCUT2D eigenvalue weighted by Gasteiger charge is 2.21. The van der Waals surface area contributed by atoms with Gasteiger partial charge in [0.1, 0.15) is 0 Å². The van der Waals surface area contributed by atoms with E-state index >= 15 is 0 Å². The number of nitrogens with zero attached hydrogens (tertiary/aromatic N) is 3. The molecule has 0 saturated carbocycles. The van der Waals surface area contributed by atoms with Gasteiger partial charge in [0.2, 0.25) is 5.91 Å². The number of amides is 1. The summed E-state index contributed by atoms with van der Waals surface area (Å²) in [5.41, 5.74) is 1.72. The van der Waals surface area contributed by atoms with Crippen LogP contribution in [0, 0.1) is 6.92 Å². The number of aromatic nitrogens is 2. The minimum atomic E-state index is -0.609. The van der Waals surface area contributed by atoms with Crippen LogP contribution in [0.15, 0.2) is 34.9 Å². The van der Waals surface area contributed by atoms with Gasteiger partial charge in [0.15, 0.2) is 11.9 Å². The normalized spacial score (nSPS) is 15.8. The lowest BCUT2D eigenvalue weighted by Gasteiger charge is -2.15. The van der Waals surface area contributed by atoms with Crippen LogP contribution in [0.2, 0.25) is 0 Å². The number of hydrogen-bond acceptors (Lipinski definition) is 6. The van der Waals surface area contributed by atoms with E-state index in [1.807, 2.05) is 24.3 Å². The second-order valence-corrected chi connectivity index (χ2v) is 5.83. The summed E-state index contributed by atoms with van der Waals surface area (Å²) in [5.74, 6) is 0.406. The molecule has 7 nitrogen and oxygen atoms in total. The molecule has 1 aromatic heterocycles. The maximum atomic E-state index is 11.9. The number of benzene rings is 1. The summed E-state index contributed by atoms with van der Waals surface area (Å²) in [4.78, 5) is 29.4. The second-order valence-electron chi connectivity index (χ2n) is 5.83. The Morgan fingerprint density at radius 2 is 2.12 bits per heavy atom. The molecule has 0 radical (unpaired) electrons. The van der Waals surface area contributed by atoms with Crippen LogP contribution in [0.5, 0.6) is 0 Å². The molecule has 0 N–H and O–H groups in total. The van der Waals surface area contributed by atoms with Gasteiger partial charge in [0, 0.05) is 24.7 Å². The average molecular weight is 341 g/mol. The van der Waals surface area contributed by atoms with Crippen molar-refractivity contribution in [3.8, 4) is 0 Å². The Labute approximate surface area is 145 Å². The van der Waals surface area contributed by atoms with E-state index in [1.165, 1.54) is 6.08 Å². The van der Waals surface area contributed by atoms with E-state index in [1.54, 1.807) is 24.8 Å². The van der Waals surface area contributed by atoms with Crippen molar-refractivity contribution in [2.45, 2.75) is 32.8 Å². The molecule has 3 rings (SSSR count). The summed E-state index contributed by atoms with van der Waals surface area (Å²) in [7, 11) is 0. The first-order valence-corrected chi connectivity index (χ1v) is 8.12. The lowest BCUT2D eigenvalue weighted by Crippen LogP contribution is -2.23. The fraction of sp³-hybridized carbons (Fsp3) is 0.333. The van der Waals surface area contributed by atoms with Crippen molar-refractivity contribution in [1.82, 2.24) is 10.1 Å². The van der Waals surface area contributed by atoms with Gasteiger partial charge in [0.05, 0.1) is 0 Å². The first kappa shape index (κ1) is 16.9. The molecule has 1 amide bonds. The van der Waals surface area contributed by atoms with E-state index in [4.69, 9.17) is 9.26 Å². The van der Waals surface area contributed by atoms with Gasteiger partial charge in [-0.15, -0.1) is 0 Å². The SMILES string of the molecule is Cc1noc(C(C)OC(=O)C=Cc2ccc(N3CCCC3=O)cc2)n1. The second kappa shape index (κ2) is 7.29. The minimum absolute atomic E-state index is 0.150. The number of anilines is 1. The van der Waals surface area contributed by atoms with Gasteiger partial charge in [0.25, 0.3) is 5.89 Å². The third-order valence-electron chi connectivity index (χ3n) is 3.87. The average Bonchev–Trinajstić information content (AvgIpc) is 3.22.